The maximum atomic E-state index is 12.7. The van der Waals surface area contributed by atoms with Crippen LogP contribution in [0.1, 0.15) is 27.0 Å². The fourth-order valence-corrected chi connectivity index (χ4v) is 4.40. The molecule has 1 aromatic heterocycles. The Hall–Kier alpha value is -4.26. The van der Waals surface area contributed by atoms with Gasteiger partial charge in [0.05, 0.1) is 17.4 Å². The molecule has 4 N–H and O–H groups in total. The van der Waals surface area contributed by atoms with Crippen LogP contribution in [-0.2, 0) is 19.6 Å². The van der Waals surface area contributed by atoms with E-state index in [9.17, 15) is 4.79 Å². The van der Waals surface area contributed by atoms with Crippen LogP contribution in [-0.4, -0.2) is 28.5 Å². The van der Waals surface area contributed by atoms with Gasteiger partial charge in [-0.25, -0.2) is 4.98 Å². The zero-order valence-electron chi connectivity index (χ0n) is 20.7. The normalized spacial score (nSPS) is 11.1. The molecule has 5 rings (SSSR count). The van der Waals surface area contributed by atoms with Crippen LogP contribution in [0.5, 0.6) is 0 Å². The molecule has 0 saturated heterocycles. The Bertz CT molecular complexity index is 1480. The summed E-state index contributed by atoms with van der Waals surface area (Å²) in [5.74, 6) is -0.0786. The molecule has 6 nitrogen and oxygen atoms in total. The van der Waals surface area contributed by atoms with Crippen LogP contribution < -0.4 is 16.4 Å². The van der Waals surface area contributed by atoms with E-state index in [-0.39, 0.29) is 5.91 Å². The van der Waals surface area contributed by atoms with Crippen LogP contribution in [0.2, 0.25) is 0 Å². The van der Waals surface area contributed by atoms with E-state index in [1.54, 1.807) is 0 Å². The summed E-state index contributed by atoms with van der Waals surface area (Å²) in [7, 11) is 0. The van der Waals surface area contributed by atoms with Gasteiger partial charge in [-0.15, -0.1) is 0 Å². The number of imidazole rings is 1. The van der Waals surface area contributed by atoms with Crippen molar-refractivity contribution in [3.63, 3.8) is 0 Å². The number of rotatable bonds is 10. The van der Waals surface area contributed by atoms with Gasteiger partial charge in [0.15, 0.2) is 0 Å². The molecule has 1 heterocycles. The lowest BCUT2D eigenvalue weighted by atomic mass is 10.0. The molecule has 0 aliphatic heterocycles. The topological polar surface area (TPSA) is 85.0 Å². The number of nitrogens with zero attached hydrogens (tertiary/aromatic N) is 2. The third kappa shape index (κ3) is 6.12. The Labute approximate surface area is 217 Å². The van der Waals surface area contributed by atoms with Gasteiger partial charge in [-0.3, -0.25) is 4.79 Å². The number of carbonyl (C=O) groups excluding carboxylic acids is 1. The second kappa shape index (κ2) is 11.6. The molecule has 0 fully saturated rings. The first-order chi connectivity index (χ1) is 18.2. The van der Waals surface area contributed by atoms with Crippen molar-refractivity contribution in [1.82, 2.24) is 20.2 Å². The zero-order valence-corrected chi connectivity index (χ0v) is 20.7. The molecule has 5 aromatic rings. The van der Waals surface area contributed by atoms with Gasteiger partial charge in [0, 0.05) is 38.3 Å². The van der Waals surface area contributed by atoms with Crippen molar-refractivity contribution in [2.45, 2.75) is 19.6 Å². The highest BCUT2D eigenvalue weighted by molar-refractivity contribution is 5.94. The van der Waals surface area contributed by atoms with Gasteiger partial charge in [-0.2, -0.15) is 0 Å². The average molecular weight is 490 g/mol. The Morgan fingerprint density at radius 1 is 0.784 bits per heavy atom. The van der Waals surface area contributed by atoms with E-state index in [0.717, 1.165) is 46.4 Å². The predicted molar refractivity (Wildman–Crippen MR) is 149 cm³/mol. The molecule has 0 radical (unpaired) electrons. The van der Waals surface area contributed by atoms with E-state index in [1.165, 1.54) is 5.56 Å². The van der Waals surface area contributed by atoms with Gasteiger partial charge >= 0.3 is 0 Å². The van der Waals surface area contributed by atoms with Crippen LogP contribution >= 0.6 is 0 Å². The van der Waals surface area contributed by atoms with Crippen LogP contribution in [0.3, 0.4) is 0 Å². The summed E-state index contributed by atoms with van der Waals surface area (Å²) in [6, 6.07) is 32.6. The Balaban J connectivity index is 1.30. The van der Waals surface area contributed by atoms with Gasteiger partial charge in [-0.1, -0.05) is 72.8 Å². The van der Waals surface area contributed by atoms with Gasteiger partial charge in [0.1, 0.15) is 0 Å². The number of nitrogens with one attached hydrogen (secondary N) is 2. The first kappa shape index (κ1) is 24.4. The Morgan fingerprint density at radius 3 is 2.35 bits per heavy atom. The monoisotopic (exact) mass is 489 g/mol. The molecule has 4 aromatic carbocycles. The molecule has 186 valence electrons. The number of hydrogen-bond acceptors (Lipinski definition) is 4. The quantitative estimate of drug-likeness (QED) is 0.248. The number of amides is 1. The summed E-state index contributed by atoms with van der Waals surface area (Å²) in [5.41, 5.74) is 13.9. The lowest BCUT2D eigenvalue weighted by molar-refractivity contribution is 0.0951. The van der Waals surface area contributed by atoms with Gasteiger partial charge in [-0.05, 0) is 52.1 Å². The average Bonchev–Trinajstić information content (AvgIpc) is 3.35. The number of nitrogens with two attached hydrogens (primary N) is 1. The largest absolute Gasteiger partial charge is 0.348 e. The SMILES string of the molecule is NCCNCc1ccc(-c2ccc3ncn(Cc4cccc(C(=O)NCc5ccccc5)c4)c3c2)cc1. The van der Waals surface area contributed by atoms with Crippen LogP contribution in [0.4, 0.5) is 0 Å². The fraction of sp³-hybridized carbons (Fsp3) is 0.161. The third-order valence-electron chi connectivity index (χ3n) is 6.40. The zero-order chi connectivity index (χ0) is 25.5. The first-order valence-electron chi connectivity index (χ1n) is 12.6. The summed E-state index contributed by atoms with van der Waals surface area (Å²) in [5, 5.41) is 6.33. The molecule has 37 heavy (non-hydrogen) atoms. The smallest absolute Gasteiger partial charge is 0.251 e. The van der Waals surface area contributed by atoms with E-state index < -0.39 is 0 Å². The van der Waals surface area contributed by atoms with Crippen molar-refractivity contribution in [3.8, 4) is 11.1 Å². The van der Waals surface area contributed by atoms with Crippen molar-refractivity contribution in [2.24, 2.45) is 5.73 Å². The maximum Gasteiger partial charge on any atom is 0.251 e. The molecule has 6 heteroatoms. The molecule has 0 aliphatic carbocycles. The number of fused-ring (bicyclic) bond motifs is 1. The van der Waals surface area contributed by atoms with Crippen LogP contribution in [0.25, 0.3) is 22.2 Å². The Morgan fingerprint density at radius 2 is 1.54 bits per heavy atom. The van der Waals surface area contributed by atoms with Crippen molar-refractivity contribution in [1.29, 1.82) is 0 Å². The van der Waals surface area contributed by atoms with E-state index in [2.05, 4.69) is 62.6 Å². The van der Waals surface area contributed by atoms with Crippen molar-refractivity contribution >= 4 is 16.9 Å². The lowest BCUT2D eigenvalue weighted by Crippen LogP contribution is -2.22. The summed E-state index contributed by atoms with van der Waals surface area (Å²) < 4.78 is 2.13. The fourth-order valence-electron chi connectivity index (χ4n) is 4.40. The van der Waals surface area contributed by atoms with E-state index in [4.69, 9.17) is 5.73 Å². The van der Waals surface area contributed by atoms with E-state index in [0.29, 0.717) is 25.2 Å². The number of hydrogen-bond donors (Lipinski definition) is 3. The standard InChI is InChI=1S/C31H31N5O/c32-15-16-33-19-24-9-11-26(12-10-24)27-13-14-29-30(18-27)36(22-35-29)21-25-7-4-8-28(17-25)31(37)34-20-23-5-2-1-3-6-23/h1-14,17-18,22,33H,15-16,19-21,32H2,(H,34,37). The molecule has 0 saturated carbocycles. The highest BCUT2D eigenvalue weighted by atomic mass is 16.1. The molecule has 0 atom stereocenters. The molecule has 0 unspecified atom stereocenters. The highest BCUT2D eigenvalue weighted by Crippen LogP contribution is 2.25. The molecular formula is C31H31N5O. The number of carbonyl (C=O) groups is 1. The summed E-state index contributed by atoms with van der Waals surface area (Å²) in [6.45, 7) is 3.39. The molecule has 1 amide bonds. The number of aromatic nitrogens is 2. The molecular weight excluding hydrogens is 458 g/mol. The minimum absolute atomic E-state index is 0.0786. The minimum Gasteiger partial charge on any atom is -0.348 e. The highest BCUT2D eigenvalue weighted by Gasteiger charge is 2.09. The summed E-state index contributed by atoms with van der Waals surface area (Å²) in [6.07, 6.45) is 1.86. The van der Waals surface area contributed by atoms with E-state index >= 15 is 0 Å². The first-order valence-corrected chi connectivity index (χ1v) is 12.6. The van der Waals surface area contributed by atoms with Crippen LogP contribution in [0.15, 0.2) is 103 Å². The number of benzene rings is 4. The third-order valence-corrected chi connectivity index (χ3v) is 6.40. The lowest BCUT2D eigenvalue weighted by Gasteiger charge is -2.10. The van der Waals surface area contributed by atoms with Gasteiger partial charge in [0.2, 0.25) is 0 Å². The Kier molecular flexibility index (Phi) is 7.69. The van der Waals surface area contributed by atoms with Gasteiger partial charge < -0.3 is 20.9 Å². The molecule has 0 spiro atoms. The van der Waals surface area contributed by atoms with Crippen molar-refractivity contribution in [3.05, 3.63) is 126 Å². The van der Waals surface area contributed by atoms with E-state index in [1.807, 2.05) is 60.9 Å². The second-order valence-corrected chi connectivity index (χ2v) is 9.11. The molecule has 0 bridgehead atoms. The van der Waals surface area contributed by atoms with Crippen molar-refractivity contribution in [2.75, 3.05) is 13.1 Å². The van der Waals surface area contributed by atoms with Gasteiger partial charge in [0.25, 0.3) is 5.91 Å². The maximum absolute atomic E-state index is 12.7. The molecule has 0 aliphatic rings. The summed E-state index contributed by atoms with van der Waals surface area (Å²) >= 11 is 0. The van der Waals surface area contributed by atoms with Crippen LogP contribution in [0, 0.1) is 0 Å². The van der Waals surface area contributed by atoms with Crippen molar-refractivity contribution < 1.29 is 4.79 Å². The summed E-state index contributed by atoms with van der Waals surface area (Å²) in [4.78, 5) is 17.3. The second-order valence-electron chi connectivity index (χ2n) is 9.11. The predicted octanol–water partition coefficient (Wildman–Crippen LogP) is 4.73. The minimum atomic E-state index is -0.0786.